The van der Waals surface area contributed by atoms with Crippen molar-refractivity contribution in [3.8, 4) is 0 Å². The molecule has 0 spiro atoms. The third kappa shape index (κ3) is 5.14. The molecule has 0 bridgehead atoms. The molecular formula is C12H18ClNO2. The van der Waals surface area contributed by atoms with Gasteiger partial charge in [-0.2, -0.15) is 0 Å². The maximum atomic E-state index is 11.1. The Bertz CT molecular complexity index is 303. The largest absolute Gasteiger partial charge is 0.469 e. The fourth-order valence-corrected chi connectivity index (χ4v) is 1.31. The molecule has 0 aliphatic heterocycles. The third-order valence-electron chi connectivity index (χ3n) is 2.23. The molecule has 0 radical (unpaired) electrons. The first-order chi connectivity index (χ1) is 7.24. The predicted octanol–water partition coefficient (Wildman–Crippen LogP) is 2.01. The second kappa shape index (κ2) is 8.13. The van der Waals surface area contributed by atoms with Crippen molar-refractivity contribution in [3.05, 3.63) is 35.9 Å². The van der Waals surface area contributed by atoms with Crippen LogP contribution in [0.1, 0.15) is 12.5 Å². The van der Waals surface area contributed by atoms with Crippen molar-refractivity contribution in [2.24, 2.45) is 5.92 Å². The molecule has 0 aromatic heterocycles. The minimum Gasteiger partial charge on any atom is -0.469 e. The molecule has 1 aromatic carbocycles. The second-order valence-corrected chi connectivity index (χ2v) is 3.54. The molecule has 0 saturated heterocycles. The number of halogens is 1. The lowest BCUT2D eigenvalue weighted by Crippen LogP contribution is -2.26. The molecule has 3 nitrogen and oxygen atoms in total. The van der Waals surface area contributed by atoms with Crippen molar-refractivity contribution in [1.29, 1.82) is 0 Å². The molecule has 1 aromatic rings. The molecule has 0 saturated carbocycles. The van der Waals surface area contributed by atoms with Crippen molar-refractivity contribution >= 4 is 18.4 Å². The van der Waals surface area contributed by atoms with E-state index < -0.39 is 0 Å². The Balaban J connectivity index is 0.00000225. The van der Waals surface area contributed by atoms with Crippen molar-refractivity contribution in [1.82, 2.24) is 5.32 Å². The van der Waals surface area contributed by atoms with Crippen LogP contribution in [-0.4, -0.2) is 19.6 Å². The maximum Gasteiger partial charge on any atom is 0.309 e. The monoisotopic (exact) mass is 243 g/mol. The van der Waals surface area contributed by atoms with E-state index in [1.165, 1.54) is 12.7 Å². The quantitative estimate of drug-likeness (QED) is 0.804. The summed E-state index contributed by atoms with van der Waals surface area (Å²) in [5.41, 5.74) is 1.22. The van der Waals surface area contributed by atoms with Gasteiger partial charge in [-0.05, 0) is 5.56 Å². The Morgan fingerprint density at radius 1 is 1.38 bits per heavy atom. The lowest BCUT2D eigenvalue weighted by Gasteiger charge is -2.10. The number of esters is 1. The number of hydrogen-bond donors (Lipinski definition) is 1. The first-order valence-corrected chi connectivity index (χ1v) is 5.06. The van der Waals surface area contributed by atoms with Gasteiger partial charge >= 0.3 is 5.97 Å². The molecule has 1 unspecified atom stereocenters. The summed E-state index contributed by atoms with van der Waals surface area (Å²) in [5.74, 6) is -0.269. The van der Waals surface area contributed by atoms with Crippen LogP contribution in [0.4, 0.5) is 0 Å². The van der Waals surface area contributed by atoms with Gasteiger partial charge in [0.05, 0.1) is 13.0 Å². The van der Waals surface area contributed by atoms with Crippen LogP contribution < -0.4 is 5.32 Å². The molecule has 4 heteroatoms. The van der Waals surface area contributed by atoms with Gasteiger partial charge in [-0.25, -0.2) is 0 Å². The number of methoxy groups -OCH3 is 1. The summed E-state index contributed by atoms with van der Waals surface area (Å²) in [6.45, 7) is 3.27. The van der Waals surface area contributed by atoms with Crippen LogP contribution in [0.15, 0.2) is 30.3 Å². The van der Waals surface area contributed by atoms with Gasteiger partial charge in [-0.1, -0.05) is 37.3 Å². The number of rotatable bonds is 5. The Morgan fingerprint density at radius 3 is 2.56 bits per heavy atom. The van der Waals surface area contributed by atoms with E-state index in [1.807, 2.05) is 25.1 Å². The second-order valence-electron chi connectivity index (χ2n) is 3.54. The molecule has 0 aliphatic carbocycles. The van der Waals surface area contributed by atoms with Gasteiger partial charge in [-0.3, -0.25) is 4.79 Å². The number of hydrogen-bond acceptors (Lipinski definition) is 3. The summed E-state index contributed by atoms with van der Waals surface area (Å²) in [5, 5.41) is 3.22. The van der Waals surface area contributed by atoms with Crippen LogP contribution >= 0.6 is 12.4 Å². The van der Waals surface area contributed by atoms with Crippen LogP contribution in [0, 0.1) is 5.92 Å². The minimum absolute atomic E-state index is 0. The summed E-state index contributed by atoms with van der Waals surface area (Å²) >= 11 is 0. The van der Waals surface area contributed by atoms with Gasteiger partial charge < -0.3 is 10.1 Å². The van der Waals surface area contributed by atoms with E-state index in [9.17, 15) is 4.79 Å². The normalized spacial score (nSPS) is 11.4. The Hall–Kier alpha value is -1.06. The smallest absolute Gasteiger partial charge is 0.309 e. The Kier molecular flexibility index (Phi) is 7.60. The zero-order valence-electron chi connectivity index (χ0n) is 9.60. The minimum atomic E-state index is -0.171. The first-order valence-electron chi connectivity index (χ1n) is 5.06. The van der Waals surface area contributed by atoms with Crippen molar-refractivity contribution in [2.45, 2.75) is 13.5 Å². The van der Waals surface area contributed by atoms with E-state index in [1.54, 1.807) is 0 Å². The van der Waals surface area contributed by atoms with Crippen LogP contribution in [0.2, 0.25) is 0 Å². The van der Waals surface area contributed by atoms with Crippen molar-refractivity contribution < 1.29 is 9.53 Å². The van der Waals surface area contributed by atoms with Crippen LogP contribution in [0.3, 0.4) is 0 Å². The van der Waals surface area contributed by atoms with E-state index in [4.69, 9.17) is 0 Å². The summed E-state index contributed by atoms with van der Waals surface area (Å²) in [7, 11) is 1.41. The summed E-state index contributed by atoms with van der Waals surface area (Å²) in [6.07, 6.45) is 0. The predicted molar refractivity (Wildman–Crippen MR) is 66.6 cm³/mol. The van der Waals surface area contributed by atoms with Gasteiger partial charge in [-0.15, -0.1) is 12.4 Å². The highest BCUT2D eigenvalue weighted by Crippen LogP contribution is 1.99. The molecular weight excluding hydrogens is 226 g/mol. The highest BCUT2D eigenvalue weighted by molar-refractivity contribution is 5.85. The van der Waals surface area contributed by atoms with Gasteiger partial charge in [0.25, 0.3) is 0 Å². The molecule has 1 atom stereocenters. The van der Waals surface area contributed by atoms with Crippen LogP contribution in [0.25, 0.3) is 0 Å². The first kappa shape index (κ1) is 14.9. The standard InChI is InChI=1S/C12H17NO2.ClH/c1-10(12(14)15-2)8-13-9-11-6-4-3-5-7-11;/h3-7,10,13H,8-9H2,1-2H3;1H. The molecule has 1 N–H and O–H groups in total. The highest BCUT2D eigenvalue weighted by atomic mass is 35.5. The van der Waals surface area contributed by atoms with Crippen molar-refractivity contribution in [2.75, 3.05) is 13.7 Å². The van der Waals surface area contributed by atoms with Crippen LogP contribution in [0.5, 0.6) is 0 Å². The van der Waals surface area contributed by atoms with Crippen molar-refractivity contribution in [3.63, 3.8) is 0 Å². The molecule has 0 heterocycles. The van der Waals surface area contributed by atoms with E-state index in [-0.39, 0.29) is 24.3 Å². The SMILES string of the molecule is COC(=O)C(C)CNCc1ccccc1.Cl. The molecule has 0 amide bonds. The fourth-order valence-electron chi connectivity index (χ4n) is 1.31. The van der Waals surface area contributed by atoms with Gasteiger partial charge in [0.15, 0.2) is 0 Å². The maximum absolute atomic E-state index is 11.1. The molecule has 1 rings (SSSR count). The Labute approximate surface area is 103 Å². The lowest BCUT2D eigenvalue weighted by atomic mass is 10.1. The average Bonchev–Trinajstić information content (AvgIpc) is 2.29. The lowest BCUT2D eigenvalue weighted by molar-refractivity contribution is -0.144. The Morgan fingerprint density at radius 2 is 2.00 bits per heavy atom. The van der Waals surface area contributed by atoms with E-state index in [2.05, 4.69) is 22.2 Å². The van der Waals surface area contributed by atoms with E-state index in [0.29, 0.717) is 6.54 Å². The zero-order valence-corrected chi connectivity index (χ0v) is 10.4. The van der Waals surface area contributed by atoms with Gasteiger partial charge in [0, 0.05) is 13.1 Å². The third-order valence-corrected chi connectivity index (χ3v) is 2.23. The average molecular weight is 244 g/mol. The zero-order chi connectivity index (χ0) is 11.1. The summed E-state index contributed by atoms with van der Waals surface area (Å²) in [4.78, 5) is 11.1. The number of carbonyl (C=O) groups is 1. The topological polar surface area (TPSA) is 38.3 Å². The molecule has 16 heavy (non-hydrogen) atoms. The van der Waals surface area contributed by atoms with Crippen LogP contribution in [-0.2, 0) is 16.1 Å². The van der Waals surface area contributed by atoms with E-state index in [0.717, 1.165) is 6.54 Å². The number of carbonyl (C=O) groups excluding carboxylic acids is 1. The summed E-state index contributed by atoms with van der Waals surface area (Å²) in [6, 6.07) is 10.1. The molecule has 0 aliphatic rings. The molecule has 90 valence electrons. The summed E-state index contributed by atoms with van der Waals surface area (Å²) < 4.78 is 4.64. The number of nitrogens with one attached hydrogen (secondary N) is 1. The van der Waals surface area contributed by atoms with Gasteiger partial charge in [0.2, 0.25) is 0 Å². The number of benzene rings is 1. The highest BCUT2D eigenvalue weighted by Gasteiger charge is 2.11. The van der Waals surface area contributed by atoms with E-state index >= 15 is 0 Å². The molecule has 0 fully saturated rings. The number of ether oxygens (including phenoxy) is 1. The van der Waals surface area contributed by atoms with Gasteiger partial charge in [0.1, 0.15) is 0 Å². The fraction of sp³-hybridized carbons (Fsp3) is 0.417.